The number of carboxylic acids is 1. The Kier molecular flexibility index (Phi) is 3.41. The quantitative estimate of drug-likeness (QED) is 0.699. The van der Waals surface area contributed by atoms with Crippen molar-refractivity contribution in [1.29, 1.82) is 0 Å². The van der Waals surface area contributed by atoms with Crippen LogP contribution in [0.25, 0.3) is 11.0 Å². The van der Waals surface area contributed by atoms with Gasteiger partial charge in [-0.2, -0.15) is 0 Å². The molecule has 26 heavy (non-hydrogen) atoms. The molecule has 5 nitrogen and oxygen atoms in total. The van der Waals surface area contributed by atoms with Gasteiger partial charge in [0.25, 0.3) is 0 Å². The molecule has 1 aromatic heterocycles. The van der Waals surface area contributed by atoms with Crippen molar-refractivity contribution in [2.75, 3.05) is 0 Å². The molecule has 0 spiro atoms. The van der Waals surface area contributed by atoms with E-state index < -0.39 is 23.5 Å². The second kappa shape index (κ2) is 5.42. The van der Waals surface area contributed by atoms with Crippen molar-refractivity contribution < 1.29 is 28.2 Å². The fraction of sp³-hybridized carbons (Fsp3) is 0.200. The van der Waals surface area contributed by atoms with Crippen LogP contribution < -0.4 is 4.74 Å². The molecule has 2 unspecified atom stereocenters. The number of ketones is 1. The Morgan fingerprint density at radius 2 is 2.00 bits per heavy atom. The maximum Gasteiger partial charge on any atom is 0.354 e. The predicted octanol–water partition coefficient (Wildman–Crippen LogP) is 4.16. The number of rotatable bonds is 2. The first-order chi connectivity index (χ1) is 12.3. The number of carbonyl (C=O) groups is 2. The number of hydrogen-bond acceptors (Lipinski definition) is 4. The lowest BCUT2D eigenvalue weighted by Gasteiger charge is -2.35. The number of aliphatic carboxylic acids is 1. The summed E-state index contributed by atoms with van der Waals surface area (Å²) in [7, 11) is 0. The summed E-state index contributed by atoms with van der Waals surface area (Å²) in [6.45, 7) is 3.57. The largest absolute Gasteiger partial charge is 0.480 e. The van der Waals surface area contributed by atoms with E-state index in [9.17, 15) is 14.7 Å². The lowest BCUT2D eigenvalue weighted by atomic mass is 9.82. The minimum Gasteiger partial charge on any atom is -0.480 e. The zero-order valence-electron chi connectivity index (χ0n) is 14.1. The minimum atomic E-state index is -3.22. The average molecular weight is 354 g/mol. The number of carbonyl (C=O) groups excluding carboxylic acids is 1. The van der Waals surface area contributed by atoms with Crippen molar-refractivity contribution in [1.82, 2.24) is 0 Å². The number of Topliss-reactive ketones (excluding diaryl/α,β-unsaturated/α-hetero) is 1. The van der Waals surface area contributed by atoms with Gasteiger partial charge in [0.1, 0.15) is 11.3 Å². The third kappa shape index (κ3) is 2.08. The maximum atomic E-state index is 15.6. The average Bonchev–Trinajstić information content (AvgIpc) is 2.99. The summed E-state index contributed by atoms with van der Waals surface area (Å²) in [5.41, 5.74) is -1.03. The first-order valence-electron chi connectivity index (χ1n) is 8.05. The molecule has 0 amide bonds. The molecule has 0 saturated carbocycles. The highest BCUT2D eigenvalue weighted by Gasteiger charge is 2.59. The van der Waals surface area contributed by atoms with Crippen LogP contribution in [-0.2, 0) is 4.79 Å². The molecule has 0 saturated heterocycles. The van der Waals surface area contributed by atoms with E-state index in [4.69, 9.17) is 9.15 Å². The second-order valence-electron chi connectivity index (χ2n) is 6.49. The fourth-order valence-electron chi connectivity index (χ4n) is 3.40. The summed E-state index contributed by atoms with van der Waals surface area (Å²) in [5, 5.41) is 10.1. The third-order valence-corrected chi connectivity index (χ3v) is 4.70. The van der Waals surface area contributed by atoms with Crippen LogP contribution >= 0.6 is 0 Å². The van der Waals surface area contributed by atoms with Crippen LogP contribution in [0.5, 0.6) is 5.75 Å². The number of alkyl halides is 1. The molecule has 0 bridgehead atoms. The van der Waals surface area contributed by atoms with Crippen LogP contribution in [0.1, 0.15) is 33.2 Å². The zero-order chi connectivity index (χ0) is 18.6. The van der Waals surface area contributed by atoms with Gasteiger partial charge in [0, 0.05) is 0 Å². The van der Waals surface area contributed by atoms with Crippen molar-refractivity contribution in [3.05, 3.63) is 64.9 Å². The summed E-state index contributed by atoms with van der Waals surface area (Å²) in [4.78, 5) is 24.6. The highest BCUT2D eigenvalue weighted by molar-refractivity contribution is 6.19. The van der Waals surface area contributed by atoms with Crippen LogP contribution in [0.2, 0.25) is 0 Å². The number of benzene rings is 2. The number of halogens is 1. The lowest BCUT2D eigenvalue weighted by Crippen LogP contribution is -2.52. The first-order valence-corrected chi connectivity index (χ1v) is 8.05. The maximum absolute atomic E-state index is 15.6. The lowest BCUT2D eigenvalue weighted by molar-refractivity contribution is -0.154. The van der Waals surface area contributed by atoms with E-state index in [1.807, 2.05) is 0 Å². The molecule has 1 N–H and O–H groups in total. The van der Waals surface area contributed by atoms with E-state index in [1.54, 1.807) is 38.1 Å². The molecule has 1 aliphatic rings. The fourth-order valence-corrected chi connectivity index (χ4v) is 3.40. The van der Waals surface area contributed by atoms with E-state index >= 15 is 4.39 Å². The number of hydrogen-bond donors (Lipinski definition) is 1. The van der Waals surface area contributed by atoms with Gasteiger partial charge in [-0.3, -0.25) is 4.79 Å². The monoisotopic (exact) mass is 354 g/mol. The Labute approximate surface area is 148 Å². The van der Waals surface area contributed by atoms with Crippen LogP contribution in [0.4, 0.5) is 4.39 Å². The molecular weight excluding hydrogens is 339 g/mol. The van der Waals surface area contributed by atoms with Crippen molar-refractivity contribution >= 4 is 22.7 Å². The van der Waals surface area contributed by atoms with Crippen LogP contribution in [0, 0.1) is 13.8 Å². The van der Waals surface area contributed by atoms with E-state index in [0.717, 1.165) is 5.56 Å². The van der Waals surface area contributed by atoms with Gasteiger partial charge in [0.2, 0.25) is 5.78 Å². The Morgan fingerprint density at radius 1 is 1.23 bits per heavy atom. The summed E-state index contributed by atoms with van der Waals surface area (Å²) < 4.78 is 26.8. The van der Waals surface area contributed by atoms with Crippen molar-refractivity contribution in [3.63, 3.8) is 0 Å². The van der Waals surface area contributed by atoms with E-state index in [1.165, 1.54) is 18.4 Å². The van der Waals surface area contributed by atoms with Gasteiger partial charge in [-0.1, -0.05) is 29.8 Å². The molecular formula is C20H15FO5. The normalized spacial score (nSPS) is 22.1. The molecule has 3 aromatic rings. The number of fused-ring (bicyclic) bond motifs is 3. The molecule has 1 aliphatic heterocycles. The third-order valence-electron chi connectivity index (χ3n) is 4.70. The molecule has 0 aliphatic carbocycles. The molecule has 2 heterocycles. The first kappa shape index (κ1) is 16.3. The second-order valence-corrected chi connectivity index (χ2v) is 6.49. The number of furan rings is 1. The van der Waals surface area contributed by atoms with Crippen LogP contribution in [0.3, 0.4) is 0 Å². The van der Waals surface area contributed by atoms with Crippen LogP contribution in [0.15, 0.2) is 47.1 Å². The molecule has 0 radical (unpaired) electrons. The van der Waals surface area contributed by atoms with E-state index in [-0.39, 0.29) is 16.9 Å². The molecule has 6 heteroatoms. The summed E-state index contributed by atoms with van der Waals surface area (Å²) in [6, 6.07) is 9.48. The smallest absolute Gasteiger partial charge is 0.354 e. The standard InChI is InChI=1S/C20H15FO5/c1-10-4-3-5-12(8-10)18-20(21,19(23)24)17(22)13-6-7-14-15(16(13)26-18)11(2)9-25-14/h3-9,18H,1-2H3,(H,23,24). The van der Waals surface area contributed by atoms with Gasteiger partial charge in [0.15, 0.2) is 6.10 Å². The van der Waals surface area contributed by atoms with Gasteiger partial charge in [0.05, 0.1) is 17.2 Å². The summed E-state index contributed by atoms with van der Waals surface area (Å²) >= 11 is 0. The summed E-state index contributed by atoms with van der Waals surface area (Å²) in [6.07, 6.45) is -0.0885. The number of aryl methyl sites for hydroxylation is 2. The van der Waals surface area contributed by atoms with E-state index in [0.29, 0.717) is 16.5 Å². The van der Waals surface area contributed by atoms with Crippen molar-refractivity contribution in [2.24, 2.45) is 0 Å². The molecule has 132 valence electrons. The number of ether oxygens (including phenoxy) is 1. The number of carboxylic acid groups (broad SMARTS) is 1. The summed E-state index contributed by atoms with van der Waals surface area (Å²) in [5.74, 6) is -2.84. The van der Waals surface area contributed by atoms with Gasteiger partial charge in [-0.15, -0.1) is 0 Å². The highest BCUT2D eigenvalue weighted by Crippen LogP contribution is 2.47. The van der Waals surface area contributed by atoms with Gasteiger partial charge >= 0.3 is 11.6 Å². The molecule has 4 rings (SSSR count). The van der Waals surface area contributed by atoms with Gasteiger partial charge in [-0.05, 0) is 37.1 Å². The van der Waals surface area contributed by atoms with E-state index in [2.05, 4.69) is 0 Å². The molecule has 2 aromatic carbocycles. The minimum absolute atomic E-state index is 0.101. The van der Waals surface area contributed by atoms with Gasteiger partial charge < -0.3 is 14.3 Å². The van der Waals surface area contributed by atoms with Crippen molar-refractivity contribution in [2.45, 2.75) is 25.6 Å². The Bertz CT molecular complexity index is 1070. The predicted molar refractivity (Wildman–Crippen MR) is 91.3 cm³/mol. The Hall–Kier alpha value is -3.15. The topological polar surface area (TPSA) is 76.7 Å². The Balaban J connectivity index is 2.01. The van der Waals surface area contributed by atoms with Crippen molar-refractivity contribution in [3.8, 4) is 5.75 Å². The van der Waals surface area contributed by atoms with Crippen LogP contribution in [-0.4, -0.2) is 22.5 Å². The van der Waals surface area contributed by atoms with Gasteiger partial charge in [-0.25, -0.2) is 9.18 Å². The molecule has 0 fully saturated rings. The zero-order valence-corrected chi connectivity index (χ0v) is 14.1. The highest BCUT2D eigenvalue weighted by atomic mass is 19.1. The Morgan fingerprint density at radius 3 is 2.69 bits per heavy atom. The molecule has 2 atom stereocenters. The SMILES string of the molecule is Cc1cccc(C2Oc3c(ccc4occ(C)c34)C(=O)C2(F)C(=O)O)c1.